The second-order valence-electron chi connectivity index (χ2n) is 6.67. The topological polar surface area (TPSA) is 54.0 Å². The Balaban J connectivity index is 1.50. The largest absolute Gasteiger partial charge is 0.381 e. The van der Waals surface area contributed by atoms with Crippen LogP contribution in [-0.2, 0) is 9.47 Å². The van der Waals surface area contributed by atoms with Crippen LogP contribution in [0.5, 0.6) is 0 Å². The van der Waals surface area contributed by atoms with Gasteiger partial charge in [0.05, 0.1) is 12.7 Å². The van der Waals surface area contributed by atoms with Gasteiger partial charge in [0.25, 0.3) is 0 Å². The minimum Gasteiger partial charge on any atom is -0.381 e. The van der Waals surface area contributed by atoms with E-state index in [-0.39, 0.29) is 6.03 Å². The number of hydrogen-bond donors (Lipinski definition) is 1. The molecule has 1 N–H and O–H groups in total. The van der Waals surface area contributed by atoms with Crippen LogP contribution in [0.25, 0.3) is 0 Å². The molecule has 21 heavy (non-hydrogen) atoms. The fraction of sp³-hybridized carbons (Fsp3) is 0.933. The van der Waals surface area contributed by atoms with Crippen LogP contribution in [0.4, 0.5) is 4.79 Å². The highest BCUT2D eigenvalue weighted by atomic mass is 16.5. The predicted molar refractivity (Wildman–Crippen MR) is 79.2 cm³/mol. The smallest absolute Gasteiger partial charge is 0.316 e. The second-order valence-corrected chi connectivity index (χ2v) is 6.67. The van der Waals surface area contributed by atoms with Crippen LogP contribution in [0, 0.1) is 11.8 Å². The predicted octanol–water partition coefficient (Wildman–Crippen LogP) is 0.383. The van der Waals surface area contributed by atoms with Crippen LogP contribution in [0.2, 0.25) is 0 Å². The summed E-state index contributed by atoms with van der Waals surface area (Å²) in [6.07, 6.45) is 2.64. The number of hydrogen-bond acceptors (Lipinski definition) is 4. The number of nitrogens with one attached hydrogen (secondary N) is 1. The minimum atomic E-state index is -0.0160. The Kier molecular flexibility index (Phi) is 4.66. The van der Waals surface area contributed by atoms with Gasteiger partial charge in [-0.15, -0.1) is 0 Å². The molecular weight excluding hydrogens is 270 g/mol. The molecule has 3 aliphatic heterocycles. The van der Waals surface area contributed by atoms with Gasteiger partial charge in [-0.3, -0.25) is 4.90 Å². The average Bonchev–Trinajstić information content (AvgIpc) is 3.06. The molecule has 0 radical (unpaired) electrons. The summed E-state index contributed by atoms with van der Waals surface area (Å²) >= 11 is 0. The highest BCUT2D eigenvalue weighted by Gasteiger charge is 2.45. The fourth-order valence-electron chi connectivity index (χ4n) is 3.76. The Labute approximate surface area is 126 Å². The van der Waals surface area contributed by atoms with E-state index < -0.39 is 0 Å². The number of carbonyl (C=O) groups is 1. The molecule has 3 heterocycles. The van der Waals surface area contributed by atoms with Crippen molar-refractivity contribution >= 4 is 6.03 Å². The quantitative estimate of drug-likeness (QED) is 0.818. The van der Waals surface area contributed by atoms with Crippen molar-refractivity contribution in [1.82, 2.24) is 15.1 Å². The summed E-state index contributed by atoms with van der Waals surface area (Å²) in [6, 6.07) is 0.641. The first kappa shape index (κ1) is 15.1. The van der Waals surface area contributed by atoms with Crippen molar-refractivity contribution < 1.29 is 14.3 Å². The molecule has 0 saturated carbocycles. The molecule has 3 fully saturated rings. The number of carbonyl (C=O) groups excluding carboxylic acids is 1. The van der Waals surface area contributed by atoms with Crippen LogP contribution < -0.4 is 5.32 Å². The number of nitrogens with zero attached hydrogens (tertiary/aromatic N) is 2. The maximum atomic E-state index is 11.7. The van der Waals surface area contributed by atoms with E-state index in [9.17, 15) is 4.79 Å². The molecule has 0 aromatic carbocycles. The van der Waals surface area contributed by atoms with Crippen molar-refractivity contribution in [3.8, 4) is 0 Å². The molecular formula is C15H27N3O3. The highest BCUT2D eigenvalue weighted by molar-refractivity contribution is 5.73. The lowest BCUT2D eigenvalue weighted by atomic mass is 9.93. The summed E-state index contributed by atoms with van der Waals surface area (Å²) in [5.74, 6) is 1.01. The molecule has 3 rings (SSSR count). The number of rotatable bonds is 3. The number of likely N-dealkylation sites (tertiary alicyclic amines) is 1. The highest BCUT2D eigenvalue weighted by Crippen LogP contribution is 2.35. The molecule has 6 nitrogen and oxygen atoms in total. The van der Waals surface area contributed by atoms with Gasteiger partial charge in [0.2, 0.25) is 0 Å². The molecule has 0 bridgehead atoms. The summed E-state index contributed by atoms with van der Waals surface area (Å²) < 4.78 is 11.4. The van der Waals surface area contributed by atoms with Gasteiger partial charge >= 0.3 is 6.03 Å². The lowest BCUT2D eigenvalue weighted by Crippen LogP contribution is -2.41. The number of ether oxygens (including phenoxy) is 2. The van der Waals surface area contributed by atoms with Crippen LogP contribution in [0.1, 0.15) is 12.8 Å². The summed E-state index contributed by atoms with van der Waals surface area (Å²) in [4.78, 5) is 15.8. The van der Waals surface area contributed by atoms with E-state index in [0.29, 0.717) is 24.0 Å². The Bertz CT molecular complexity index is 371. The number of amides is 2. The summed E-state index contributed by atoms with van der Waals surface area (Å²) in [5.41, 5.74) is 0. The lowest BCUT2D eigenvalue weighted by molar-refractivity contribution is 0.0284. The van der Waals surface area contributed by atoms with Crippen molar-refractivity contribution in [2.45, 2.75) is 25.0 Å². The van der Waals surface area contributed by atoms with Gasteiger partial charge < -0.3 is 19.7 Å². The summed E-state index contributed by atoms with van der Waals surface area (Å²) in [6.45, 7) is 5.44. The van der Waals surface area contributed by atoms with Gasteiger partial charge in [0, 0.05) is 64.8 Å². The summed E-state index contributed by atoms with van der Waals surface area (Å²) in [5, 5.41) is 3.00. The monoisotopic (exact) mass is 297 g/mol. The molecule has 0 aliphatic carbocycles. The Morgan fingerprint density at radius 3 is 2.76 bits per heavy atom. The molecule has 0 spiro atoms. The SMILES string of the molecule is CN(C)C(=O)NC[C@@H]1CO[C@@H]2CN(C3CCOCC3)C[C@H]12. The van der Waals surface area contributed by atoms with Crippen LogP contribution in [0.3, 0.4) is 0 Å². The van der Waals surface area contributed by atoms with Crippen LogP contribution in [0.15, 0.2) is 0 Å². The molecule has 3 aliphatic rings. The normalized spacial score (nSPS) is 33.9. The third-order valence-electron chi connectivity index (χ3n) is 5.10. The number of fused-ring (bicyclic) bond motifs is 1. The third kappa shape index (κ3) is 3.33. The van der Waals surface area contributed by atoms with Crippen molar-refractivity contribution in [3.63, 3.8) is 0 Å². The zero-order chi connectivity index (χ0) is 14.8. The first-order valence-corrected chi connectivity index (χ1v) is 8.03. The molecule has 0 aromatic rings. The second kappa shape index (κ2) is 6.50. The van der Waals surface area contributed by atoms with E-state index in [1.54, 1.807) is 19.0 Å². The van der Waals surface area contributed by atoms with Crippen molar-refractivity contribution in [2.24, 2.45) is 11.8 Å². The molecule has 120 valence electrons. The van der Waals surface area contributed by atoms with Gasteiger partial charge in [-0.05, 0) is 12.8 Å². The van der Waals surface area contributed by atoms with Gasteiger partial charge in [-0.25, -0.2) is 4.79 Å². The molecule has 2 amide bonds. The van der Waals surface area contributed by atoms with E-state index in [1.165, 1.54) is 0 Å². The van der Waals surface area contributed by atoms with E-state index in [0.717, 1.165) is 52.3 Å². The van der Waals surface area contributed by atoms with Crippen LogP contribution in [-0.4, -0.2) is 81.5 Å². The van der Waals surface area contributed by atoms with E-state index in [1.807, 2.05) is 0 Å². The van der Waals surface area contributed by atoms with E-state index in [2.05, 4.69) is 10.2 Å². The van der Waals surface area contributed by atoms with E-state index >= 15 is 0 Å². The van der Waals surface area contributed by atoms with Gasteiger partial charge in [-0.1, -0.05) is 0 Å². The molecule has 3 saturated heterocycles. The third-order valence-corrected chi connectivity index (χ3v) is 5.10. The molecule has 6 heteroatoms. The van der Waals surface area contributed by atoms with Gasteiger partial charge in [-0.2, -0.15) is 0 Å². The molecule has 0 unspecified atom stereocenters. The number of urea groups is 1. The minimum absolute atomic E-state index is 0.0160. The Morgan fingerprint density at radius 1 is 1.29 bits per heavy atom. The lowest BCUT2D eigenvalue weighted by Gasteiger charge is -2.31. The zero-order valence-electron chi connectivity index (χ0n) is 13.1. The Morgan fingerprint density at radius 2 is 2.05 bits per heavy atom. The standard InChI is InChI=1S/C15H27N3O3/c1-17(2)15(19)16-7-11-10-21-14-9-18(8-13(11)14)12-3-5-20-6-4-12/h11-14H,3-10H2,1-2H3,(H,16,19)/t11-,13-,14-/m1/s1. The van der Waals surface area contributed by atoms with Crippen molar-refractivity contribution in [3.05, 3.63) is 0 Å². The average molecular weight is 297 g/mol. The first-order valence-electron chi connectivity index (χ1n) is 8.03. The first-order chi connectivity index (χ1) is 10.1. The molecule has 3 atom stereocenters. The van der Waals surface area contributed by atoms with Gasteiger partial charge in [0.1, 0.15) is 0 Å². The van der Waals surface area contributed by atoms with E-state index in [4.69, 9.17) is 9.47 Å². The molecule has 0 aromatic heterocycles. The van der Waals surface area contributed by atoms with Crippen molar-refractivity contribution in [1.29, 1.82) is 0 Å². The van der Waals surface area contributed by atoms with Crippen molar-refractivity contribution in [2.75, 3.05) is 53.6 Å². The maximum absolute atomic E-state index is 11.7. The Hall–Kier alpha value is -0.850. The summed E-state index contributed by atoms with van der Waals surface area (Å²) in [7, 11) is 3.54. The fourth-order valence-corrected chi connectivity index (χ4v) is 3.76. The van der Waals surface area contributed by atoms with Crippen LogP contribution >= 0.6 is 0 Å². The zero-order valence-corrected chi connectivity index (χ0v) is 13.1. The maximum Gasteiger partial charge on any atom is 0.316 e. The van der Waals surface area contributed by atoms with Gasteiger partial charge in [0.15, 0.2) is 0 Å².